The van der Waals surface area contributed by atoms with Crippen LogP contribution in [0.25, 0.3) is 0 Å². The van der Waals surface area contributed by atoms with E-state index in [4.69, 9.17) is 10.2 Å². The Bertz CT molecular complexity index is 382. The van der Waals surface area contributed by atoms with Gasteiger partial charge in [-0.3, -0.25) is 4.79 Å². The molecule has 0 aromatic rings. The minimum Gasteiger partial charge on any atom is -0.481 e. The van der Waals surface area contributed by atoms with Crippen molar-refractivity contribution < 1.29 is 24.6 Å². The highest BCUT2D eigenvalue weighted by Crippen LogP contribution is 2.33. The molecule has 7 nitrogen and oxygen atoms in total. The second-order valence-electron chi connectivity index (χ2n) is 5.58. The van der Waals surface area contributed by atoms with Crippen LogP contribution in [0.2, 0.25) is 0 Å². The summed E-state index contributed by atoms with van der Waals surface area (Å²) < 4.78 is 0. The molecule has 1 saturated carbocycles. The van der Waals surface area contributed by atoms with Crippen molar-refractivity contribution in [3.05, 3.63) is 0 Å². The summed E-state index contributed by atoms with van der Waals surface area (Å²) in [7, 11) is 0. The first-order valence-electron chi connectivity index (χ1n) is 7.44. The molecule has 1 rings (SSSR count). The highest BCUT2D eigenvalue weighted by Gasteiger charge is 2.26. The van der Waals surface area contributed by atoms with Crippen molar-refractivity contribution in [1.29, 1.82) is 0 Å². The molecule has 2 atom stereocenters. The van der Waals surface area contributed by atoms with Crippen molar-refractivity contribution in [2.24, 2.45) is 5.92 Å². The number of carboxylic acid groups (broad SMARTS) is 2. The Labute approximate surface area is 124 Å². The Morgan fingerprint density at radius 3 is 2.33 bits per heavy atom. The molecule has 1 unspecified atom stereocenters. The zero-order chi connectivity index (χ0) is 15.8. The van der Waals surface area contributed by atoms with Crippen LogP contribution in [0.5, 0.6) is 0 Å². The second-order valence-corrected chi connectivity index (χ2v) is 5.58. The van der Waals surface area contributed by atoms with E-state index in [1.165, 1.54) is 12.8 Å². The lowest BCUT2D eigenvalue weighted by Gasteiger charge is -2.20. The predicted octanol–water partition coefficient (Wildman–Crippen LogP) is 1.57. The van der Waals surface area contributed by atoms with Crippen LogP contribution in [0.1, 0.15) is 51.9 Å². The number of carbonyl (C=O) groups excluding carboxylic acids is 1. The van der Waals surface area contributed by atoms with E-state index in [9.17, 15) is 14.4 Å². The Morgan fingerprint density at radius 2 is 1.86 bits per heavy atom. The first-order valence-corrected chi connectivity index (χ1v) is 7.44. The molecule has 0 aliphatic heterocycles. The first kappa shape index (κ1) is 17.3. The molecule has 0 radical (unpaired) electrons. The van der Waals surface area contributed by atoms with Gasteiger partial charge in [0.2, 0.25) is 0 Å². The van der Waals surface area contributed by atoms with Gasteiger partial charge in [-0.05, 0) is 31.6 Å². The van der Waals surface area contributed by atoms with Crippen LogP contribution in [-0.4, -0.2) is 40.3 Å². The van der Waals surface area contributed by atoms with E-state index in [0.29, 0.717) is 5.92 Å². The minimum absolute atomic E-state index is 0.0611. The third kappa shape index (κ3) is 7.53. The number of hydrogen-bond donors (Lipinski definition) is 4. The van der Waals surface area contributed by atoms with Gasteiger partial charge in [0, 0.05) is 12.5 Å². The van der Waals surface area contributed by atoms with E-state index in [1.54, 1.807) is 0 Å². The fourth-order valence-electron chi connectivity index (χ4n) is 2.18. The monoisotopic (exact) mass is 300 g/mol. The molecule has 1 fully saturated rings. The molecular formula is C14H24N2O5. The third-order valence-electron chi connectivity index (χ3n) is 3.63. The summed E-state index contributed by atoms with van der Waals surface area (Å²) in [5.41, 5.74) is 0. The van der Waals surface area contributed by atoms with Gasteiger partial charge in [-0.1, -0.05) is 19.8 Å². The smallest absolute Gasteiger partial charge is 0.326 e. The van der Waals surface area contributed by atoms with Gasteiger partial charge in [-0.2, -0.15) is 0 Å². The fourth-order valence-corrected chi connectivity index (χ4v) is 2.18. The zero-order valence-electron chi connectivity index (χ0n) is 12.3. The molecule has 0 aromatic heterocycles. The molecule has 4 N–H and O–H groups in total. The molecule has 1 aliphatic carbocycles. The molecule has 2 amide bonds. The fraction of sp³-hybridized carbons (Fsp3) is 0.786. The zero-order valence-corrected chi connectivity index (χ0v) is 12.3. The van der Waals surface area contributed by atoms with Gasteiger partial charge in [-0.25, -0.2) is 9.59 Å². The lowest BCUT2D eigenvalue weighted by molar-refractivity contribution is -0.140. The van der Waals surface area contributed by atoms with Gasteiger partial charge in [0.05, 0.1) is 0 Å². The topological polar surface area (TPSA) is 116 Å². The van der Waals surface area contributed by atoms with Crippen molar-refractivity contribution in [2.75, 3.05) is 0 Å². The Balaban J connectivity index is 2.35. The minimum atomic E-state index is -1.15. The summed E-state index contributed by atoms with van der Waals surface area (Å²) in [6.45, 7) is 1.98. The van der Waals surface area contributed by atoms with Crippen LogP contribution in [-0.2, 0) is 9.59 Å². The van der Waals surface area contributed by atoms with Crippen LogP contribution < -0.4 is 10.6 Å². The van der Waals surface area contributed by atoms with E-state index in [2.05, 4.69) is 10.6 Å². The normalized spacial score (nSPS) is 16.8. The number of amides is 2. The largest absolute Gasteiger partial charge is 0.481 e. The van der Waals surface area contributed by atoms with Crippen molar-refractivity contribution in [1.82, 2.24) is 10.6 Å². The molecule has 21 heavy (non-hydrogen) atoms. The number of carboxylic acids is 2. The molecule has 120 valence electrons. The lowest BCUT2D eigenvalue weighted by atomic mass is 10.1. The molecule has 0 heterocycles. The summed E-state index contributed by atoms with van der Waals surface area (Å²) in [4.78, 5) is 33.3. The van der Waals surface area contributed by atoms with Crippen molar-refractivity contribution >= 4 is 18.0 Å². The van der Waals surface area contributed by atoms with Crippen molar-refractivity contribution in [2.45, 2.75) is 64.0 Å². The quantitative estimate of drug-likeness (QED) is 0.489. The lowest BCUT2D eigenvalue weighted by Crippen LogP contribution is -2.49. The average Bonchev–Trinajstić information content (AvgIpc) is 3.20. The number of hydrogen-bond acceptors (Lipinski definition) is 3. The molecular weight excluding hydrogens is 276 g/mol. The molecule has 0 spiro atoms. The van der Waals surface area contributed by atoms with E-state index in [-0.39, 0.29) is 25.3 Å². The molecule has 7 heteroatoms. The number of aliphatic carboxylic acids is 2. The predicted molar refractivity (Wildman–Crippen MR) is 76.0 cm³/mol. The van der Waals surface area contributed by atoms with E-state index in [0.717, 1.165) is 12.8 Å². The van der Waals surface area contributed by atoms with E-state index in [1.807, 2.05) is 6.92 Å². The Morgan fingerprint density at radius 1 is 1.19 bits per heavy atom. The number of urea groups is 1. The van der Waals surface area contributed by atoms with Gasteiger partial charge in [-0.15, -0.1) is 0 Å². The highest BCUT2D eigenvalue weighted by atomic mass is 16.4. The van der Waals surface area contributed by atoms with Crippen molar-refractivity contribution in [3.8, 4) is 0 Å². The number of carbonyl (C=O) groups is 3. The first-order chi connectivity index (χ1) is 9.92. The van der Waals surface area contributed by atoms with Crippen LogP contribution in [0.15, 0.2) is 0 Å². The standard InChI is InChI=1S/C14H24N2O5/c1-2-10(8-9-6-7-9)15-14(21)16-11(13(19)20)4-3-5-12(17)18/h9-11H,2-8H2,1H3,(H,17,18)(H,19,20)(H2,15,16,21)/t10?,11-/m1/s1. The average molecular weight is 300 g/mol. The van der Waals surface area contributed by atoms with Gasteiger partial charge < -0.3 is 20.8 Å². The molecule has 1 aliphatic rings. The summed E-state index contributed by atoms with van der Waals surface area (Å²) in [6.07, 6.45) is 4.35. The molecule has 0 aromatic carbocycles. The maximum Gasteiger partial charge on any atom is 0.326 e. The van der Waals surface area contributed by atoms with Gasteiger partial charge in [0.1, 0.15) is 6.04 Å². The van der Waals surface area contributed by atoms with Gasteiger partial charge in [0.15, 0.2) is 0 Å². The summed E-state index contributed by atoms with van der Waals surface area (Å²) in [5, 5.41) is 22.8. The molecule has 0 bridgehead atoms. The van der Waals surface area contributed by atoms with Crippen LogP contribution in [0.3, 0.4) is 0 Å². The number of nitrogens with one attached hydrogen (secondary N) is 2. The second kappa shape index (κ2) is 8.49. The third-order valence-corrected chi connectivity index (χ3v) is 3.63. The van der Waals surface area contributed by atoms with Gasteiger partial charge in [0.25, 0.3) is 0 Å². The number of rotatable bonds is 10. The summed E-state index contributed by atoms with van der Waals surface area (Å²) in [5.74, 6) is -1.44. The van der Waals surface area contributed by atoms with Crippen LogP contribution >= 0.6 is 0 Å². The Kier molecular flexibility index (Phi) is 6.98. The summed E-state index contributed by atoms with van der Waals surface area (Å²) >= 11 is 0. The van der Waals surface area contributed by atoms with E-state index >= 15 is 0 Å². The molecule has 0 saturated heterocycles. The SMILES string of the molecule is CCC(CC1CC1)NC(=O)N[C@H](CCCC(=O)O)C(=O)O. The van der Waals surface area contributed by atoms with Crippen LogP contribution in [0, 0.1) is 5.92 Å². The maximum atomic E-state index is 11.8. The van der Waals surface area contributed by atoms with Crippen LogP contribution in [0.4, 0.5) is 4.79 Å². The Hall–Kier alpha value is -1.79. The maximum absolute atomic E-state index is 11.8. The summed E-state index contributed by atoms with van der Waals surface area (Å²) in [6, 6.07) is -1.49. The van der Waals surface area contributed by atoms with Gasteiger partial charge >= 0.3 is 18.0 Å². The van der Waals surface area contributed by atoms with E-state index < -0.39 is 24.0 Å². The van der Waals surface area contributed by atoms with Crippen molar-refractivity contribution in [3.63, 3.8) is 0 Å². The highest BCUT2D eigenvalue weighted by molar-refractivity contribution is 5.82.